The molecule has 0 aliphatic carbocycles. The van der Waals surface area contributed by atoms with E-state index in [9.17, 15) is 9.59 Å². The number of carboxylic acid groups (broad SMARTS) is 1. The van der Waals surface area contributed by atoms with Crippen molar-refractivity contribution < 1.29 is 14.7 Å². The van der Waals surface area contributed by atoms with Gasteiger partial charge in [0.2, 0.25) is 5.91 Å². The molecule has 80 valence electrons. The SMILES string of the molecule is CC(C)(C(=O)O)C(=O)Nc1ccncc1. The summed E-state index contributed by atoms with van der Waals surface area (Å²) in [7, 11) is 0. The maximum atomic E-state index is 11.6. The molecule has 0 bridgehead atoms. The topological polar surface area (TPSA) is 79.3 Å². The molecule has 1 aromatic heterocycles. The molecule has 5 nitrogen and oxygen atoms in total. The molecule has 0 radical (unpaired) electrons. The molecule has 5 heteroatoms. The minimum atomic E-state index is -1.44. The zero-order chi connectivity index (χ0) is 11.5. The van der Waals surface area contributed by atoms with E-state index < -0.39 is 17.3 Å². The second kappa shape index (κ2) is 4.08. The van der Waals surface area contributed by atoms with Crippen LogP contribution in [0.15, 0.2) is 24.5 Å². The highest BCUT2D eigenvalue weighted by atomic mass is 16.4. The van der Waals surface area contributed by atoms with E-state index in [2.05, 4.69) is 10.3 Å². The van der Waals surface area contributed by atoms with Gasteiger partial charge in [0.05, 0.1) is 0 Å². The molecule has 0 fully saturated rings. The van der Waals surface area contributed by atoms with Crippen LogP contribution in [0.2, 0.25) is 0 Å². The van der Waals surface area contributed by atoms with Gasteiger partial charge < -0.3 is 10.4 Å². The van der Waals surface area contributed by atoms with Crippen LogP contribution >= 0.6 is 0 Å². The lowest BCUT2D eigenvalue weighted by atomic mass is 9.92. The number of amides is 1. The Morgan fingerprint density at radius 2 is 1.87 bits per heavy atom. The number of hydrogen-bond acceptors (Lipinski definition) is 3. The molecule has 0 unspecified atom stereocenters. The summed E-state index contributed by atoms with van der Waals surface area (Å²) in [4.78, 5) is 26.1. The van der Waals surface area contributed by atoms with Gasteiger partial charge in [0.25, 0.3) is 0 Å². The van der Waals surface area contributed by atoms with Crippen LogP contribution in [0, 0.1) is 5.41 Å². The number of hydrogen-bond donors (Lipinski definition) is 2. The Morgan fingerprint density at radius 3 is 2.33 bits per heavy atom. The lowest BCUT2D eigenvalue weighted by Crippen LogP contribution is -2.37. The van der Waals surface area contributed by atoms with Crippen molar-refractivity contribution in [3.63, 3.8) is 0 Å². The largest absolute Gasteiger partial charge is 0.480 e. The number of carbonyl (C=O) groups excluding carboxylic acids is 1. The van der Waals surface area contributed by atoms with E-state index in [0.29, 0.717) is 5.69 Å². The quantitative estimate of drug-likeness (QED) is 0.730. The Labute approximate surface area is 87.1 Å². The minimum Gasteiger partial charge on any atom is -0.480 e. The van der Waals surface area contributed by atoms with Gasteiger partial charge in [-0.15, -0.1) is 0 Å². The molecule has 0 saturated carbocycles. The fourth-order valence-electron chi connectivity index (χ4n) is 0.820. The highest BCUT2D eigenvalue weighted by Gasteiger charge is 2.35. The predicted octanol–water partition coefficient (Wildman–Crippen LogP) is 1.13. The van der Waals surface area contributed by atoms with E-state index in [1.54, 1.807) is 12.1 Å². The van der Waals surface area contributed by atoms with Gasteiger partial charge in [0.15, 0.2) is 0 Å². The predicted molar refractivity (Wildman–Crippen MR) is 54.3 cm³/mol. The third kappa shape index (κ3) is 2.52. The summed E-state index contributed by atoms with van der Waals surface area (Å²) in [5.74, 6) is -1.71. The molecular formula is C10H12N2O3. The highest BCUT2D eigenvalue weighted by Crippen LogP contribution is 2.18. The summed E-state index contributed by atoms with van der Waals surface area (Å²) in [6.07, 6.45) is 3.03. The number of rotatable bonds is 3. The molecule has 0 spiro atoms. The highest BCUT2D eigenvalue weighted by molar-refractivity contribution is 6.07. The number of nitrogens with zero attached hydrogens (tertiary/aromatic N) is 1. The van der Waals surface area contributed by atoms with E-state index in [4.69, 9.17) is 5.11 Å². The van der Waals surface area contributed by atoms with Crippen LogP contribution < -0.4 is 5.32 Å². The van der Waals surface area contributed by atoms with Crippen LogP contribution in [-0.2, 0) is 9.59 Å². The summed E-state index contributed by atoms with van der Waals surface area (Å²) in [5, 5.41) is 11.3. The number of pyridine rings is 1. The summed E-state index contributed by atoms with van der Waals surface area (Å²) in [5.41, 5.74) is -0.909. The fraction of sp³-hybridized carbons (Fsp3) is 0.300. The van der Waals surface area contributed by atoms with E-state index >= 15 is 0 Å². The van der Waals surface area contributed by atoms with Crippen molar-refractivity contribution in [1.82, 2.24) is 4.98 Å². The summed E-state index contributed by atoms with van der Waals surface area (Å²) >= 11 is 0. The van der Waals surface area contributed by atoms with E-state index in [1.165, 1.54) is 26.2 Å². The van der Waals surface area contributed by atoms with Crippen molar-refractivity contribution in [2.24, 2.45) is 5.41 Å². The summed E-state index contributed by atoms with van der Waals surface area (Å²) < 4.78 is 0. The van der Waals surface area contributed by atoms with Crippen LogP contribution in [0.1, 0.15) is 13.8 Å². The molecule has 1 heterocycles. The smallest absolute Gasteiger partial charge is 0.318 e. The molecule has 0 atom stereocenters. The number of aromatic nitrogens is 1. The van der Waals surface area contributed by atoms with Crippen LogP contribution in [0.25, 0.3) is 0 Å². The number of carboxylic acids is 1. The Morgan fingerprint density at radius 1 is 1.33 bits per heavy atom. The number of carbonyl (C=O) groups is 2. The monoisotopic (exact) mass is 208 g/mol. The van der Waals surface area contributed by atoms with Gasteiger partial charge in [-0.2, -0.15) is 0 Å². The van der Waals surface area contributed by atoms with Crippen molar-refractivity contribution in [2.45, 2.75) is 13.8 Å². The molecule has 0 aliphatic heterocycles. The fourth-order valence-corrected chi connectivity index (χ4v) is 0.820. The first kappa shape index (κ1) is 11.2. The zero-order valence-corrected chi connectivity index (χ0v) is 8.52. The Kier molecular flexibility index (Phi) is 3.04. The molecule has 2 N–H and O–H groups in total. The normalized spacial score (nSPS) is 10.8. The molecule has 15 heavy (non-hydrogen) atoms. The third-order valence-corrected chi connectivity index (χ3v) is 2.04. The van der Waals surface area contributed by atoms with Gasteiger partial charge in [-0.25, -0.2) is 0 Å². The molecule has 0 aromatic carbocycles. The van der Waals surface area contributed by atoms with Crippen LogP contribution in [0.5, 0.6) is 0 Å². The Bertz CT molecular complexity index is 374. The second-order valence-corrected chi connectivity index (χ2v) is 3.62. The Hall–Kier alpha value is -1.91. The van der Waals surface area contributed by atoms with Gasteiger partial charge in [-0.05, 0) is 26.0 Å². The van der Waals surface area contributed by atoms with E-state index in [0.717, 1.165) is 0 Å². The molecular weight excluding hydrogens is 196 g/mol. The summed E-state index contributed by atoms with van der Waals surface area (Å²) in [6, 6.07) is 3.19. The number of aliphatic carboxylic acids is 1. The van der Waals surface area contributed by atoms with Crippen molar-refractivity contribution in [3.05, 3.63) is 24.5 Å². The van der Waals surface area contributed by atoms with Crippen LogP contribution in [0.3, 0.4) is 0 Å². The van der Waals surface area contributed by atoms with Crippen molar-refractivity contribution >= 4 is 17.6 Å². The van der Waals surface area contributed by atoms with Gasteiger partial charge >= 0.3 is 5.97 Å². The molecule has 1 rings (SSSR count). The van der Waals surface area contributed by atoms with Gasteiger partial charge in [0.1, 0.15) is 5.41 Å². The van der Waals surface area contributed by atoms with Crippen molar-refractivity contribution in [2.75, 3.05) is 5.32 Å². The summed E-state index contributed by atoms with van der Waals surface area (Å²) in [6.45, 7) is 2.71. The maximum absolute atomic E-state index is 11.6. The standard InChI is InChI=1S/C10H12N2O3/c1-10(2,9(14)15)8(13)12-7-3-5-11-6-4-7/h3-6H,1-2H3,(H,14,15)(H,11,12,13). The first-order valence-corrected chi connectivity index (χ1v) is 4.39. The maximum Gasteiger partial charge on any atom is 0.318 e. The van der Waals surface area contributed by atoms with Crippen molar-refractivity contribution in [1.29, 1.82) is 0 Å². The van der Waals surface area contributed by atoms with E-state index in [1.807, 2.05) is 0 Å². The lowest BCUT2D eigenvalue weighted by Gasteiger charge is -2.18. The Balaban J connectivity index is 2.77. The average molecular weight is 208 g/mol. The third-order valence-electron chi connectivity index (χ3n) is 2.04. The minimum absolute atomic E-state index is 0.532. The first-order chi connectivity index (χ1) is 6.94. The van der Waals surface area contributed by atoms with Crippen molar-refractivity contribution in [3.8, 4) is 0 Å². The number of anilines is 1. The van der Waals surface area contributed by atoms with Gasteiger partial charge in [-0.3, -0.25) is 14.6 Å². The lowest BCUT2D eigenvalue weighted by molar-refractivity contribution is -0.151. The molecule has 0 saturated heterocycles. The first-order valence-electron chi connectivity index (χ1n) is 4.39. The average Bonchev–Trinajstić information content (AvgIpc) is 2.18. The number of nitrogens with one attached hydrogen (secondary N) is 1. The molecule has 1 aromatic rings. The van der Waals surface area contributed by atoms with Gasteiger partial charge in [-0.1, -0.05) is 0 Å². The van der Waals surface area contributed by atoms with Crippen LogP contribution in [-0.4, -0.2) is 22.0 Å². The molecule has 1 amide bonds. The zero-order valence-electron chi connectivity index (χ0n) is 8.52. The van der Waals surface area contributed by atoms with Gasteiger partial charge in [0, 0.05) is 18.1 Å². The van der Waals surface area contributed by atoms with E-state index in [-0.39, 0.29) is 0 Å². The van der Waals surface area contributed by atoms with Crippen LogP contribution in [0.4, 0.5) is 5.69 Å². The molecule has 0 aliphatic rings. The second-order valence-electron chi connectivity index (χ2n) is 3.62.